The van der Waals surface area contributed by atoms with Crippen LogP contribution in [-0.2, 0) is 14.3 Å². The molecule has 0 aliphatic heterocycles. The fourth-order valence-corrected chi connectivity index (χ4v) is 2.60. The number of carbonyl (C=O) groups excluding carboxylic acids is 2. The Morgan fingerprint density at radius 1 is 1.11 bits per heavy atom. The van der Waals surface area contributed by atoms with Crippen LogP contribution >= 0.6 is 23.2 Å². The van der Waals surface area contributed by atoms with Gasteiger partial charge in [0.15, 0.2) is 0 Å². The molecule has 0 atom stereocenters. The first-order valence-corrected chi connectivity index (χ1v) is 9.04. The predicted molar refractivity (Wildman–Crippen MR) is 107 cm³/mol. The molecule has 0 radical (unpaired) electrons. The molecule has 1 amide bonds. The highest BCUT2D eigenvalue weighted by atomic mass is 35.5. The molecule has 0 unspecified atom stereocenters. The number of benzene rings is 2. The molecule has 27 heavy (non-hydrogen) atoms. The molecule has 2 aromatic carbocycles. The number of nitrogens with one attached hydrogen (secondary N) is 1. The fraction of sp³-hybridized carbons (Fsp3) is 0.200. The first-order valence-electron chi connectivity index (χ1n) is 8.28. The van der Waals surface area contributed by atoms with Crippen molar-refractivity contribution in [3.05, 3.63) is 69.7 Å². The SMILES string of the molecule is CCOCCOC(=O)c1cccc(NC(=O)/C=C/c2ccc(Cl)cc2Cl)c1. The van der Waals surface area contributed by atoms with Crippen LogP contribution in [-0.4, -0.2) is 31.7 Å². The molecule has 0 heterocycles. The largest absolute Gasteiger partial charge is 0.460 e. The van der Waals surface area contributed by atoms with Gasteiger partial charge < -0.3 is 14.8 Å². The van der Waals surface area contributed by atoms with E-state index in [9.17, 15) is 9.59 Å². The molecule has 0 aliphatic rings. The van der Waals surface area contributed by atoms with Crippen molar-refractivity contribution in [1.82, 2.24) is 0 Å². The molecular formula is C20H19Cl2NO4. The number of carbonyl (C=O) groups is 2. The molecule has 0 spiro atoms. The van der Waals surface area contributed by atoms with Crippen LogP contribution in [0.2, 0.25) is 10.0 Å². The second kappa shape index (κ2) is 10.7. The van der Waals surface area contributed by atoms with Crippen LogP contribution < -0.4 is 5.32 Å². The topological polar surface area (TPSA) is 64.6 Å². The first-order chi connectivity index (χ1) is 13.0. The van der Waals surface area contributed by atoms with E-state index < -0.39 is 5.97 Å². The van der Waals surface area contributed by atoms with E-state index in [1.54, 1.807) is 48.5 Å². The number of anilines is 1. The molecule has 5 nitrogen and oxygen atoms in total. The van der Waals surface area contributed by atoms with Crippen LogP contribution in [0.15, 0.2) is 48.5 Å². The smallest absolute Gasteiger partial charge is 0.338 e. The van der Waals surface area contributed by atoms with E-state index in [-0.39, 0.29) is 12.5 Å². The molecule has 7 heteroatoms. The van der Waals surface area contributed by atoms with Gasteiger partial charge in [0.2, 0.25) is 5.91 Å². The molecule has 142 valence electrons. The molecule has 0 saturated heterocycles. The van der Waals surface area contributed by atoms with Crippen molar-refractivity contribution in [3.63, 3.8) is 0 Å². The number of halogens is 2. The van der Waals surface area contributed by atoms with Crippen molar-refractivity contribution in [2.75, 3.05) is 25.1 Å². The van der Waals surface area contributed by atoms with Crippen molar-refractivity contribution >= 4 is 46.8 Å². The molecule has 0 saturated carbocycles. The van der Waals surface area contributed by atoms with Crippen LogP contribution in [0.1, 0.15) is 22.8 Å². The number of amides is 1. The predicted octanol–water partition coefficient (Wildman–Crippen LogP) is 4.84. The van der Waals surface area contributed by atoms with Crippen LogP contribution in [0.5, 0.6) is 0 Å². The van der Waals surface area contributed by atoms with Gasteiger partial charge in [-0.15, -0.1) is 0 Å². The number of ether oxygens (including phenoxy) is 2. The Kier molecular flexibility index (Phi) is 8.33. The van der Waals surface area contributed by atoms with Gasteiger partial charge in [-0.3, -0.25) is 4.79 Å². The summed E-state index contributed by atoms with van der Waals surface area (Å²) < 4.78 is 10.2. The molecule has 1 N–H and O–H groups in total. The average molecular weight is 408 g/mol. The van der Waals surface area contributed by atoms with Crippen LogP contribution in [0.4, 0.5) is 5.69 Å². The normalized spacial score (nSPS) is 10.8. The van der Waals surface area contributed by atoms with Crippen LogP contribution in [0.3, 0.4) is 0 Å². The quantitative estimate of drug-likeness (QED) is 0.386. The lowest BCUT2D eigenvalue weighted by atomic mass is 10.2. The van der Waals surface area contributed by atoms with E-state index in [0.29, 0.717) is 40.1 Å². The second-order valence-electron chi connectivity index (χ2n) is 5.40. The summed E-state index contributed by atoms with van der Waals surface area (Å²) in [7, 11) is 0. The molecular weight excluding hydrogens is 389 g/mol. The summed E-state index contributed by atoms with van der Waals surface area (Å²) in [5.41, 5.74) is 1.49. The minimum atomic E-state index is -0.478. The summed E-state index contributed by atoms with van der Waals surface area (Å²) in [5.74, 6) is -0.836. The summed E-state index contributed by atoms with van der Waals surface area (Å²) >= 11 is 11.9. The Morgan fingerprint density at radius 2 is 1.93 bits per heavy atom. The number of esters is 1. The third-order valence-corrected chi connectivity index (χ3v) is 3.97. The zero-order chi connectivity index (χ0) is 19.6. The Bertz CT molecular complexity index is 836. The van der Waals surface area contributed by atoms with E-state index in [1.165, 1.54) is 6.08 Å². The highest BCUT2D eigenvalue weighted by molar-refractivity contribution is 6.35. The number of hydrogen-bond acceptors (Lipinski definition) is 4. The van der Waals surface area contributed by atoms with Gasteiger partial charge in [0.25, 0.3) is 0 Å². The van der Waals surface area contributed by atoms with Crippen molar-refractivity contribution < 1.29 is 19.1 Å². The highest BCUT2D eigenvalue weighted by Gasteiger charge is 2.08. The lowest BCUT2D eigenvalue weighted by molar-refractivity contribution is -0.111. The van der Waals surface area contributed by atoms with Crippen molar-refractivity contribution in [2.24, 2.45) is 0 Å². The molecule has 0 aliphatic carbocycles. The maximum Gasteiger partial charge on any atom is 0.338 e. The molecule has 2 aromatic rings. The van der Waals surface area contributed by atoms with Crippen molar-refractivity contribution in [2.45, 2.75) is 6.92 Å². The van der Waals surface area contributed by atoms with Crippen molar-refractivity contribution in [1.29, 1.82) is 0 Å². The van der Waals surface area contributed by atoms with E-state index in [1.807, 2.05) is 6.92 Å². The monoisotopic (exact) mass is 407 g/mol. The lowest BCUT2D eigenvalue weighted by Gasteiger charge is -2.07. The van der Waals surface area contributed by atoms with Gasteiger partial charge in [0.05, 0.1) is 12.2 Å². The Balaban J connectivity index is 1.95. The van der Waals surface area contributed by atoms with Crippen LogP contribution in [0, 0.1) is 0 Å². The second-order valence-corrected chi connectivity index (χ2v) is 6.25. The first kappa shape index (κ1) is 21.0. The molecule has 0 fully saturated rings. The fourth-order valence-electron chi connectivity index (χ4n) is 2.13. The summed E-state index contributed by atoms with van der Waals surface area (Å²) in [6.45, 7) is 2.95. The Morgan fingerprint density at radius 3 is 2.67 bits per heavy atom. The van der Waals surface area contributed by atoms with E-state index in [0.717, 1.165) is 0 Å². The number of rotatable bonds is 8. The van der Waals surface area contributed by atoms with E-state index in [4.69, 9.17) is 32.7 Å². The van der Waals surface area contributed by atoms with Gasteiger partial charge >= 0.3 is 5.97 Å². The molecule has 0 bridgehead atoms. The number of hydrogen-bond donors (Lipinski definition) is 1. The van der Waals surface area contributed by atoms with Gasteiger partial charge in [-0.2, -0.15) is 0 Å². The van der Waals surface area contributed by atoms with Gasteiger partial charge in [-0.25, -0.2) is 4.79 Å². The van der Waals surface area contributed by atoms with Gasteiger partial charge in [0, 0.05) is 28.4 Å². The minimum absolute atomic E-state index is 0.174. The summed E-state index contributed by atoms with van der Waals surface area (Å²) in [5, 5.41) is 3.65. The zero-order valence-electron chi connectivity index (χ0n) is 14.7. The van der Waals surface area contributed by atoms with Crippen LogP contribution in [0.25, 0.3) is 6.08 Å². The highest BCUT2D eigenvalue weighted by Crippen LogP contribution is 2.22. The average Bonchev–Trinajstić information content (AvgIpc) is 2.64. The van der Waals surface area contributed by atoms with E-state index in [2.05, 4.69) is 5.32 Å². The third-order valence-electron chi connectivity index (χ3n) is 3.41. The standard InChI is InChI=1S/C20H19Cl2NO4/c1-2-26-10-11-27-20(25)15-4-3-5-17(12-15)23-19(24)9-7-14-6-8-16(21)13-18(14)22/h3-9,12-13H,2,10-11H2,1H3,(H,23,24)/b9-7+. The molecule has 0 aromatic heterocycles. The van der Waals surface area contributed by atoms with E-state index >= 15 is 0 Å². The Hall–Kier alpha value is -2.34. The maximum atomic E-state index is 12.1. The van der Waals surface area contributed by atoms with Gasteiger partial charge in [0.1, 0.15) is 6.61 Å². The summed E-state index contributed by atoms with van der Waals surface area (Å²) in [4.78, 5) is 24.1. The molecule has 2 rings (SSSR count). The summed E-state index contributed by atoms with van der Waals surface area (Å²) in [6.07, 6.45) is 2.93. The zero-order valence-corrected chi connectivity index (χ0v) is 16.2. The van der Waals surface area contributed by atoms with Crippen molar-refractivity contribution in [3.8, 4) is 0 Å². The third kappa shape index (κ3) is 7.06. The maximum absolute atomic E-state index is 12.1. The lowest BCUT2D eigenvalue weighted by Crippen LogP contribution is -2.12. The van der Waals surface area contributed by atoms with Gasteiger partial charge in [-0.05, 0) is 48.9 Å². The minimum Gasteiger partial charge on any atom is -0.460 e. The summed E-state index contributed by atoms with van der Waals surface area (Å²) in [6, 6.07) is 11.5. The Labute approximate surface area is 167 Å². The van der Waals surface area contributed by atoms with Gasteiger partial charge in [-0.1, -0.05) is 35.3 Å².